The van der Waals surface area contributed by atoms with Crippen LogP contribution in [0.5, 0.6) is 5.75 Å². The summed E-state index contributed by atoms with van der Waals surface area (Å²) in [7, 11) is 1.68. The highest BCUT2D eigenvalue weighted by atomic mass is 16.5. The summed E-state index contributed by atoms with van der Waals surface area (Å²) in [5.74, 6) is 0.898. The van der Waals surface area contributed by atoms with E-state index in [1.807, 2.05) is 18.2 Å². The van der Waals surface area contributed by atoms with Gasteiger partial charge in [-0.25, -0.2) is 0 Å². The van der Waals surface area contributed by atoms with Crippen LogP contribution >= 0.6 is 0 Å². The van der Waals surface area contributed by atoms with Crippen molar-refractivity contribution in [3.05, 3.63) is 42.8 Å². The zero-order chi connectivity index (χ0) is 9.68. The summed E-state index contributed by atoms with van der Waals surface area (Å²) in [5.41, 5.74) is 2.44. The molecule has 0 aliphatic carbocycles. The average Bonchev–Trinajstić information content (AvgIpc) is 2.18. The molecule has 13 heavy (non-hydrogen) atoms. The quantitative estimate of drug-likeness (QED) is 0.684. The minimum absolute atomic E-state index is 0.822. The number of allylic oxidation sites excluding steroid dienone is 2. The Morgan fingerprint density at radius 1 is 1.54 bits per heavy atom. The summed E-state index contributed by atoms with van der Waals surface area (Å²) in [5, 5.41) is 0. The largest absolute Gasteiger partial charge is 0.497 e. The second kappa shape index (κ2) is 4.70. The number of hydrogen-bond acceptors (Lipinski definition) is 1. The van der Waals surface area contributed by atoms with Gasteiger partial charge in [-0.1, -0.05) is 18.2 Å². The first kappa shape index (κ1) is 9.85. The molecular weight excluding hydrogens is 160 g/mol. The predicted molar refractivity (Wildman–Crippen MR) is 56.6 cm³/mol. The highest BCUT2D eigenvalue weighted by Crippen LogP contribution is 2.19. The van der Waals surface area contributed by atoms with Crippen molar-refractivity contribution in [2.75, 3.05) is 7.11 Å². The highest BCUT2D eigenvalue weighted by molar-refractivity contribution is 5.64. The van der Waals surface area contributed by atoms with Gasteiger partial charge in [0.2, 0.25) is 0 Å². The topological polar surface area (TPSA) is 9.23 Å². The molecule has 0 aliphatic rings. The zero-order valence-corrected chi connectivity index (χ0v) is 8.21. The van der Waals surface area contributed by atoms with Gasteiger partial charge in [0, 0.05) is 0 Å². The van der Waals surface area contributed by atoms with Gasteiger partial charge in [0.15, 0.2) is 0 Å². The van der Waals surface area contributed by atoms with Crippen molar-refractivity contribution >= 4 is 5.57 Å². The van der Waals surface area contributed by atoms with Crippen LogP contribution in [0.1, 0.15) is 18.9 Å². The fourth-order valence-corrected chi connectivity index (χ4v) is 1.20. The second-order valence-corrected chi connectivity index (χ2v) is 2.91. The molecule has 1 nitrogen and oxygen atoms in total. The van der Waals surface area contributed by atoms with Gasteiger partial charge in [-0.2, -0.15) is 0 Å². The molecule has 0 aliphatic heterocycles. The van der Waals surface area contributed by atoms with Gasteiger partial charge in [-0.3, -0.25) is 0 Å². The molecule has 0 saturated heterocycles. The second-order valence-electron chi connectivity index (χ2n) is 2.91. The van der Waals surface area contributed by atoms with Crippen LogP contribution in [0.25, 0.3) is 5.57 Å². The van der Waals surface area contributed by atoms with E-state index in [-0.39, 0.29) is 0 Å². The molecule has 0 heterocycles. The van der Waals surface area contributed by atoms with Crippen LogP contribution in [-0.4, -0.2) is 7.11 Å². The van der Waals surface area contributed by atoms with Gasteiger partial charge in [0.1, 0.15) is 5.75 Å². The fraction of sp³-hybridized carbons (Fsp3) is 0.250. The number of ether oxygens (including phenoxy) is 1. The average molecular weight is 175 g/mol. The smallest absolute Gasteiger partial charge is 0.119 e. The van der Waals surface area contributed by atoms with Crippen molar-refractivity contribution < 1.29 is 4.74 Å². The van der Waals surface area contributed by atoms with Crippen LogP contribution in [0.2, 0.25) is 0 Å². The van der Waals surface area contributed by atoms with Crippen LogP contribution in [0.3, 0.4) is 0 Å². The number of benzene rings is 1. The molecular formula is C12H15O. The van der Waals surface area contributed by atoms with E-state index < -0.39 is 0 Å². The highest BCUT2D eigenvalue weighted by Gasteiger charge is 1.96. The molecule has 0 saturated carbocycles. The van der Waals surface area contributed by atoms with Crippen molar-refractivity contribution in [1.29, 1.82) is 0 Å². The third kappa shape index (κ3) is 2.62. The molecule has 0 spiro atoms. The third-order valence-electron chi connectivity index (χ3n) is 1.98. The molecule has 1 aromatic carbocycles. The van der Waals surface area contributed by atoms with Gasteiger partial charge in [0.05, 0.1) is 7.11 Å². The third-order valence-corrected chi connectivity index (χ3v) is 1.98. The maximum absolute atomic E-state index is 5.14. The first-order valence-corrected chi connectivity index (χ1v) is 4.38. The standard InChI is InChI=1S/C12H15O/c1-4-6-10(2)11-7-5-8-12(9-11)13-3/h5-9H,1,4H2,2-3H3. The van der Waals surface area contributed by atoms with Crippen molar-refractivity contribution in [3.63, 3.8) is 0 Å². The molecule has 0 atom stereocenters. The maximum Gasteiger partial charge on any atom is 0.119 e. The minimum Gasteiger partial charge on any atom is -0.497 e. The lowest BCUT2D eigenvalue weighted by Crippen LogP contribution is -1.84. The summed E-state index contributed by atoms with van der Waals surface area (Å²) in [6.45, 7) is 5.87. The Balaban J connectivity index is 2.94. The summed E-state index contributed by atoms with van der Waals surface area (Å²) in [6, 6.07) is 8.04. The fourth-order valence-electron chi connectivity index (χ4n) is 1.20. The summed E-state index contributed by atoms with van der Waals surface area (Å²) < 4.78 is 5.14. The van der Waals surface area contributed by atoms with Gasteiger partial charge >= 0.3 is 0 Å². The van der Waals surface area contributed by atoms with Crippen LogP contribution < -0.4 is 4.74 Å². The van der Waals surface area contributed by atoms with Crippen LogP contribution in [0.15, 0.2) is 30.3 Å². The summed E-state index contributed by atoms with van der Waals surface area (Å²) in [6.07, 6.45) is 2.93. The molecule has 0 amide bonds. The Morgan fingerprint density at radius 2 is 2.31 bits per heavy atom. The molecule has 1 heteroatoms. The lowest BCUT2D eigenvalue weighted by Gasteiger charge is -2.04. The molecule has 0 fully saturated rings. The van der Waals surface area contributed by atoms with E-state index in [9.17, 15) is 0 Å². The summed E-state index contributed by atoms with van der Waals surface area (Å²) in [4.78, 5) is 0. The van der Waals surface area contributed by atoms with Gasteiger partial charge in [0.25, 0.3) is 0 Å². The Kier molecular flexibility index (Phi) is 3.56. The van der Waals surface area contributed by atoms with E-state index in [1.165, 1.54) is 11.1 Å². The van der Waals surface area contributed by atoms with Crippen molar-refractivity contribution in [2.45, 2.75) is 13.3 Å². The first-order valence-electron chi connectivity index (χ1n) is 4.38. The number of hydrogen-bond donors (Lipinski definition) is 0. The Bertz CT molecular complexity index is 300. The molecule has 1 aromatic rings. The normalized spacial score (nSPS) is 11.5. The van der Waals surface area contributed by atoms with E-state index in [1.54, 1.807) is 7.11 Å². The molecule has 69 valence electrons. The molecule has 1 rings (SSSR count). The van der Waals surface area contributed by atoms with Gasteiger partial charge in [-0.05, 0) is 43.5 Å². The molecule has 1 radical (unpaired) electrons. The predicted octanol–water partition coefficient (Wildman–Crippen LogP) is 3.32. The minimum atomic E-state index is 0.822. The lowest BCUT2D eigenvalue weighted by atomic mass is 10.1. The Morgan fingerprint density at radius 3 is 2.92 bits per heavy atom. The maximum atomic E-state index is 5.14. The van der Waals surface area contributed by atoms with Gasteiger partial charge < -0.3 is 4.74 Å². The molecule has 0 bridgehead atoms. The van der Waals surface area contributed by atoms with Crippen LogP contribution in [0.4, 0.5) is 0 Å². The van der Waals surface area contributed by atoms with E-state index in [0.717, 1.165) is 12.2 Å². The van der Waals surface area contributed by atoms with Crippen LogP contribution in [-0.2, 0) is 0 Å². The van der Waals surface area contributed by atoms with Crippen molar-refractivity contribution in [3.8, 4) is 5.75 Å². The van der Waals surface area contributed by atoms with E-state index in [0.29, 0.717) is 0 Å². The first-order chi connectivity index (χ1) is 6.27. The van der Waals surface area contributed by atoms with E-state index >= 15 is 0 Å². The number of methoxy groups -OCH3 is 1. The SMILES string of the molecule is [CH2]CC=C(C)c1cccc(OC)c1. The Hall–Kier alpha value is -1.24. The molecule has 0 aromatic heterocycles. The molecule has 0 N–H and O–H groups in total. The monoisotopic (exact) mass is 175 g/mol. The Labute approximate surface area is 80.0 Å². The van der Waals surface area contributed by atoms with Crippen LogP contribution in [0, 0.1) is 6.92 Å². The number of rotatable bonds is 3. The lowest BCUT2D eigenvalue weighted by molar-refractivity contribution is 0.414. The van der Waals surface area contributed by atoms with Gasteiger partial charge in [-0.15, -0.1) is 0 Å². The van der Waals surface area contributed by atoms with E-state index in [4.69, 9.17) is 4.74 Å². The van der Waals surface area contributed by atoms with Crippen molar-refractivity contribution in [1.82, 2.24) is 0 Å². The summed E-state index contributed by atoms with van der Waals surface area (Å²) >= 11 is 0. The van der Waals surface area contributed by atoms with E-state index in [2.05, 4.69) is 26.0 Å². The zero-order valence-electron chi connectivity index (χ0n) is 8.21. The van der Waals surface area contributed by atoms with Crippen molar-refractivity contribution in [2.24, 2.45) is 0 Å². The molecule has 0 unspecified atom stereocenters.